The van der Waals surface area contributed by atoms with Crippen LogP contribution in [0.3, 0.4) is 0 Å². The van der Waals surface area contributed by atoms with E-state index in [0.29, 0.717) is 25.9 Å². The average Bonchev–Trinajstić information content (AvgIpc) is 3.13. The number of nitrogens with zero attached hydrogens (tertiary/aromatic N) is 2. The van der Waals surface area contributed by atoms with Crippen LogP contribution in [-0.4, -0.2) is 59.7 Å². The molecule has 2 saturated heterocycles. The lowest BCUT2D eigenvalue weighted by atomic mass is 9.96. The number of ether oxygens (including phenoxy) is 1. The van der Waals surface area contributed by atoms with E-state index in [1.807, 2.05) is 37.3 Å². The van der Waals surface area contributed by atoms with Crippen molar-refractivity contribution in [1.82, 2.24) is 9.80 Å². The maximum Gasteiger partial charge on any atom is 0.311 e. The summed E-state index contributed by atoms with van der Waals surface area (Å²) in [4.78, 5) is 51.5. The van der Waals surface area contributed by atoms with Crippen molar-refractivity contribution in [3.05, 3.63) is 35.9 Å². The Labute approximate surface area is 170 Å². The maximum atomic E-state index is 12.4. The minimum absolute atomic E-state index is 0.0915. The normalized spacial score (nSPS) is 21.1. The molecule has 0 aromatic heterocycles. The van der Waals surface area contributed by atoms with E-state index in [1.54, 1.807) is 9.80 Å². The quantitative estimate of drug-likeness (QED) is 0.711. The number of hydrogen-bond donors (Lipinski definition) is 1. The van der Waals surface area contributed by atoms with E-state index >= 15 is 0 Å². The fraction of sp³-hybridized carbons (Fsp3) is 0.524. The van der Waals surface area contributed by atoms with Crippen molar-refractivity contribution in [2.24, 2.45) is 17.6 Å². The van der Waals surface area contributed by atoms with Crippen LogP contribution in [0.15, 0.2) is 30.3 Å². The van der Waals surface area contributed by atoms with E-state index in [9.17, 15) is 19.2 Å². The Balaban J connectivity index is 1.47. The van der Waals surface area contributed by atoms with E-state index in [2.05, 4.69) is 0 Å². The number of piperidine rings is 1. The van der Waals surface area contributed by atoms with E-state index in [4.69, 9.17) is 10.5 Å². The van der Waals surface area contributed by atoms with Crippen LogP contribution >= 0.6 is 0 Å². The number of amides is 3. The lowest BCUT2D eigenvalue weighted by molar-refractivity contribution is -0.155. The summed E-state index contributed by atoms with van der Waals surface area (Å²) in [6.07, 6.45) is 1.14. The molecule has 156 valence electrons. The van der Waals surface area contributed by atoms with Gasteiger partial charge in [-0.2, -0.15) is 0 Å². The van der Waals surface area contributed by atoms with Gasteiger partial charge in [-0.1, -0.05) is 30.3 Å². The third kappa shape index (κ3) is 4.93. The molecule has 0 bridgehead atoms. The van der Waals surface area contributed by atoms with Crippen LogP contribution < -0.4 is 5.73 Å². The third-order valence-corrected chi connectivity index (χ3v) is 5.83. The molecule has 1 aromatic carbocycles. The Morgan fingerprint density at radius 3 is 2.41 bits per heavy atom. The first-order valence-corrected chi connectivity index (χ1v) is 9.95. The molecule has 0 spiro atoms. The molecule has 2 aliphatic heterocycles. The van der Waals surface area contributed by atoms with Crippen molar-refractivity contribution in [3.8, 4) is 0 Å². The zero-order chi connectivity index (χ0) is 21.0. The lowest BCUT2D eigenvalue weighted by Crippen LogP contribution is -2.43. The van der Waals surface area contributed by atoms with Crippen LogP contribution in [0.4, 0.5) is 0 Å². The number of rotatable bonds is 6. The lowest BCUT2D eigenvalue weighted by Gasteiger charge is -2.30. The van der Waals surface area contributed by atoms with Gasteiger partial charge in [0.2, 0.25) is 11.8 Å². The van der Waals surface area contributed by atoms with Gasteiger partial charge in [0.1, 0.15) is 0 Å². The summed E-state index contributed by atoms with van der Waals surface area (Å²) in [6.45, 7) is 2.72. The standard InChI is InChI=1S/C21H27N3O5/c1-14(15-5-3-2-4-6-15)24-12-17(11-18(24)25)21(28)29-13-19(26)23-9-7-16(8-10-23)20(22)27/h2-6,14,16-17H,7-13H2,1H3,(H2,22,27)/t14-,17+/m0/s1. The van der Waals surface area contributed by atoms with Crippen molar-refractivity contribution in [2.75, 3.05) is 26.2 Å². The van der Waals surface area contributed by atoms with Gasteiger partial charge in [-0.3, -0.25) is 19.2 Å². The molecular weight excluding hydrogens is 374 g/mol. The van der Waals surface area contributed by atoms with Crippen LogP contribution in [-0.2, 0) is 23.9 Å². The first-order chi connectivity index (χ1) is 13.9. The van der Waals surface area contributed by atoms with Crippen LogP contribution in [0.5, 0.6) is 0 Å². The van der Waals surface area contributed by atoms with Gasteiger partial charge in [0.25, 0.3) is 5.91 Å². The first-order valence-electron chi connectivity index (χ1n) is 9.95. The fourth-order valence-electron chi connectivity index (χ4n) is 3.93. The molecule has 0 saturated carbocycles. The minimum atomic E-state index is -0.568. The minimum Gasteiger partial charge on any atom is -0.455 e. The fourth-order valence-corrected chi connectivity index (χ4v) is 3.93. The van der Waals surface area contributed by atoms with Crippen molar-refractivity contribution in [2.45, 2.75) is 32.2 Å². The van der Waals surface area contributed by atoms with Crippen LogP contribution in [0.2, 0.25) is 0 Å². The zero-order valence-electron chi connectivity index (χ0n) is 16.6. The molecule has 1 aromatic rings. The molecule has 2 aliphatic rings. The van der Waals surface area contributed by atoms with Gasteiger partial charge < -0.3 is 20.3 Å². The Hall–Kier alpha value is -2.90. The number of likely N-dealkylation sites (tertiary alicyclic amines) is 2. The molecule has 0 aliphatic carbocycles. The number of carbonyl (C=O) groups is 4. The van der Waals surface area contributed by atoms with Crippen molar-refractivity contribution < 1.29 is 23.9 Å². The van der Waals surface area contributed by atoms with E-state index in [0.717, 1.165) is 5.56 Å². The molecule has 3 amide bonds. The second-order valence-electron chi connectivity index (χ2n) is 7.70. The van der Waals surface area contributed by atoms with Gasteiger partial charge in [0, 0.05) is 32.0 Å². The van der Waals surface area contributed by atoms with Gasteiger partial charge >= 0.3 is 5.97 Å². The highest BCUT2D eigenvalue weighted by Crippen LogP contribution is 2.29. The van der Waals surface area contributed by atoms with Crippen LogP contribution in [0, 0.1) is 11.8 Å². The van der Waals surface area contributed by atoms with Gasteiger partial charge in [-0.05, 0) is 25.3 Å². The summed E-state index contributed by atoms with van der Waals surface area (Å²) < 4.78 is 5.20. The van der Waals surface area contributed by atoms with Gasteiger partial charge in [-0.15, -0.1) is 0 Å². The molecule has 8 nitrogen and oxygen atoms in total. The van der Waals surface area contributed by atoms with Crippen molar-refractivity contribution >= 4 is 23.7 Å². The maximum absolute atomic E-state index is 12.4. The predicted octanol–water partition coefficient (Wildman–Crippen LogP) is 0.863. The molecule has 0 unspecified atom stereocenters. The summed E-state index contributed by atoms with van der Waals surface area (Å²) in [5.41, 5.74) is 6.30. The monoisotopic (exact) mass is 401 g/mol. The summed E-state index contributed by atoms with van der Waals surface area (Å²) in [5.74, 6) is -2.03. The Kier molecular flexibility index (Phi) is 6.51. The van der Waals surface area contributed by atoms with Gasteiger partial charge in [0.15, 0.2) is 6.61 Å². The molecule has 2 fully saturated rings. The smallest absolute Gasteiger partial charge is 0.311 e. The topological polar surface area (TPSA) is 110 Å². The highest BCUT2D eigenvalue weighted by atomic mass is 16.5. The molecule has 8 heteroatoms. The number of hydrogen-bond acceptors (Lipinski definition) is 5. The predicted molar refractivity (Wildman–Crippen MR) is 104 cm³/mol. The number of esters is 1. The number of carbonyl (C=O) groups excluding carboxylic acids is 4. The summed E-state index contributed by atoms with van der Waals surface area (Å²) in [6, 6.07) is 9.50. The largest absolute Gasteiger partial charge is 0.455 e. The molecule has 2 heterocycles. The van der Waals surface area contributed by atoms with Crippen LogP contribution in [0.25, 0.3) is 0 Å². The third-order valence-electron chi connectivity index (χ3n) is 5.83. The van der Waals surface area contributed by atoms with Gasteiger partial charge in [-0.25, -0.2) is 0 Å². The number of primary amides is 1. The Bertz CT molecular complexity index is 774. The van der Waals surface area contributed by atoms with Crippen LogP contribution in [0.1, 0.15) is 37.8 Å². The molecule has 2 N–H and O–H groups in total. The molecular formula is C21H27N3O5. The van der Waals surface area contributed by atoms with Gasteiger partial charge in [0.05, 0.1) is 12.0 Å². The van der Waals surface area contributed by atoms with E-state index < -0.39 is 11.9 Å². The Morgan fingerprint density at radius 1 is 1.14 bits per heavy atom. The Morgan fingerprint density at radius 2 is 1.79 bits per heavy atom. The molecule has 3 rings (SSSR count). The van der Waals surface area contributed by atoms with Crippen molar-refractivity contribution in [1.29, 1.82) is 0 Å². The van der Waals surface area contributed by atoms with E-state index in [1.165, 1.54) is 0 Å². The summed E-state index contributed by atoms with van der Waals surface area (Å²) >= 11 is 0. The average molecular weight is 401 g/mol. The second kappa shape index (κ2) is 9.07. The first kappa shape index (κ1) is 20.8. The molecule has 29 heavy (non-hydrogen) atoms. The van der Waals surface area contributed by atoms with Crippen molar-refractivity contribution in [3.63, 3.8) is 0 Å². The summed E-state index contributed by atoms with van der Waals surface area (Å²) in [7, 11) is 0. The van der Waals surface area contributed by atoms with E-state index in [-0.39, 0.29) is 49.3 Å². The molecule has 0 radical (unpaired) electrons. The number of nitrogens with two attached hydrogens (primary N) is 1. The molecule has 2 atom stereocenters. The zero-order valence-corrected chi connectivity index (χ0v) is 16.6. The second-order valence-corrected chi connectivity index (χ2v) is 7.70. The highest BCUT2D eigenvalue weighted by molar-refractivity contribution is 5.88. The number of benzene rings is 1. The highest BCUT2D eigenvalue weighted by Gasteiger charge is 2.38. The summed E-state index contributed by atoms with van der Waals surface area (Å²) in [5, 5.41) is 0. The SMILES string of the molecule is C[C@@H](c1ccccc1)N1C[C@H](C(=O)OCC(=O)N2CCC(C(N)=O)CC2)CC1=O.